The van der Waals surface area contributed by atoms with E-state index in [2.05, 4.69) is 36.2 Å². The van der Waals surface area contributed by atoms with Gasteiger partial charge in [0, 0.05) is 28.6 Å². The number of pyridine rings is 1. The van der Waals surface area contributed by atoms with Crippen molar-refractivity contribution in [1.82, 2.24) is 9.88 Å². The maximum Gasteiger partial charge on any atom is 0.120 e. The molecule has 0 aliphatic carbocycles. The number of fused-ring (bicyclic) bond motifs is 2. The van der Waals surface area contributed by atoms with Crippen molar-refractivity contribution in [2.75, 3.05) is 18.4 Å². The number of nitrogens with one attached hydrogen (secondary N) is 1. The van der Waals surface area contributed by atoms with E-state index in [4.69, 9.17) is 4.98 Å². The lowest BCUT2D eigenvalue weighted by molar-refractivity contribution is 0.291. The van der Waals surface area contributed by atoms with Crippen molar-refractivity contribution in [3.8, 4) is 5.75 Å². The monoisotopic (exact) mass is 371 g/mol. The minimum absolute atomic E-state index is 0.335. The Bertz CT molecular complexity index is 1070. The first-order chi connectivity index (χ1) is 13.7. The summed E-state index contributed by atoms with van der Waals surface area (Å²) in [5.41, 5.74) is 4.86. The summed E-state index contributed by atoms with van der Waals surface area (Å²) in [5, 5.41) is 16.1. The molecule has 0 spiro atoms. The largest absolute Gasteiger partial charge is 0.508 e. The number of nitrogens with zero attached hydrogens (tertiary/aromatic N) is 2. The van der Waals surface area contributed by atoms with Crippen LogP contribution in [0, 0.1) is 0 Å². The van der Waals surface area contributed by atoms with Crippen LogP contribution in [0.4, 0.5) is 11.4 Å². The Balaban J connectivity index is 1.79. The van der Waals surface area contributed by atoms with Gasteiger partial charge < -0.3 is 10.4 Å². The Kier molecular flexibility index (Phi) is 5.13. The van der Waals surface area contributed by atoms with Crippen LogP contribution in [0.1, 0.15) is 19.4 Å². The second kappa shape index (κ2) is 7.87. The second-order valence-electron chi connectivity index (χ2n) is 6.95. The van der Waals surface area contributed by atoms with E-state index in [1.165, 1.54) is 0 Å². The molecule has 0 atom stereocenters. The highest BCUT2D eigenvalue weighted by molar-refractivity contribution is 6.08. The third-order valence-electron chi connectivity index (χ3n) is 5.22. The van der Waals surface area contributed by atoms with Crippen molar-refractivity contribution < 1.29 is 5.11 Å². The van der Waals surface area contributed by atoms with Crippen molar-refractivity contribution in [3.63, 3.8) is 0 Å². The van der Waals surface area contributed by atoms with E-state index < -0.39 is 0 Å². The molecule has 0 radical (unpaired) electrons. The highest BCUT2D eigenvalue weighted by Crippen LogP contribution is 2.34. The number of rotatable bonds is 6. The minimum atomic E-state index is 0.335. The molecule has 0 aliphatic rings. The fourth-order valence-electron chi connectivity index (χ4n) is 3.60. The van der Waals surface area contributed by atoms with Crippen molar-refractivity contribution >= 4 is 33.2 Å². The molecule has 0 fully saturated rings. The van der Waals surface area contributed by atoms with Crippen molar-refractivity contribution in [3.05, 3.63) is 72.3 Å². The first kappa shape index (κ1) is 18.3. The third-order valence-corrected chi connectivity index (χ3v) is 5.22. The van der Waals surface area contributed by atoms with Crippen LogP contribution in [0.3, 0.4) is 0 Å². The summed E-state index contributed by atoms with van der Waals surface area (Å²) in [7, 11) is 0. The SMILES string of the molecule is CCN(CC)Cc1cc(Nc2c3ccccc3nc3ccccc23)ccc1O. The van der Waals surface area contributed by atoms with E-state index >= 15 is 0 Å². The molecule has 0 bridgehead atoms. The fourth-order valence-corrected chi connectivity index (χ4v) is 3.60. The van der Waals surface area contributed by atoms with Gasteiger partial charge in [-0.15, -0.1) is 0 Å². The molecule has 0 saturated heterocycles. The van der Waals surface area contributed by atoms with Crippen LogP contribution in [-0.2, 0) is 6.54 Å². The van der Waals surface area contributed by atoms with Gasteiger partial charge in [0.05, 0.1) is 16.7 Å². The van der Waals surface area contributed by atoms with E-state index in [9.17, 15) is 5.11 Å². The molecule has 3 aromatic carbocycles. The molecule has 0 amide bonds. The van der Waals surface area contributed by atoms with Crippen LogP contribution in [0.15, 0.2) is 66.7 Å². The van der Waals surface area contributed by atoms with Gasteiger partial charge in [0.2, 0.25) is 0 Å². The third kappa shape index (κ3) is 3.51. The van der Waals surface area contributed by atoms with E-state index in [0.29, 0.717) is 5.75 Å². The van der Waals surface area contributed by atoms with Crippen LogP contribution in [0.25, 0.3) is 21.8 Å². The summed E-state index contributed by atoms with van der Waals surface area (Å²) < 4.78 is 0. The number of phenols is 1. The molecule has 4 heteroatoms. The summed E-state index contributed by atoms with van der Waals surface area (Å²) in [6, 6.07) is 22.1. The number of benzene rings is 3. The molecule has 4 rings (SSSR count). The van der Waals surface area contributed by atoms with Gasteiger partial charge >= 0.3 is 0 Å². The molecule has 0 unspecified atom stereocenters. The first-order valence-corrected chi connectivity index (χ1v) is 9.78. The molecule has 0 saturated carbocycles. The van der Waals surface area contributed by atoms with Crippen LogP contribution in [0.2, 0.25) is 0 Å². The number of hydrogen-bond donors (Lipinski definition) is 2. The molecule has 1 heterocycles. The zero-order valence-electron chi connectivity index (χ0n) is 16.3. The Morgan fingerprint density at radius 2 is 1.46 bits per heavy atom. The summed E-state index contributed by atoms with van der Waals surface area (Å²) >= 11 is 0. The van der Waals surface area contributed by atoms with Gasteiger partial charge in [-0.1, -0.05) is 50.2 Å². The normalized spacial score (nSPS) is 11.4. The fraction of sp³-hybridized carbons (Fsp3) is 0.208. The number of para-hydroxylation sites is 2. The summed E-state index contributed by atoms with van der Waals surface area (Å²) in [6.07, 6.45) is 0. The maximum atomic E-state index is 10.3. The maximum absolute atomic E-state index is 10.3. The van der Waals surface area contributed by atoms with Crippen LogP contribution in [0.5, 0.6) is 5.75 Å². The number of anilines is 2. The predicted molar refractivity (Wildman–Crippen MR) is 117 cm³/mol. The summed E-state index contributed by atoms with van der Waals surface area (Å²) in [6.45, 7) is 6.91. The highest BCUT2D eigenvalue weighted by Gasteiger charge is 2.11. The molecule has 2 N–H and O–H groups in total. The van der Waals surface area contributed by atoms with Gasteiger partial charge in [0.15, 0.2) is 0 Å². The van der Waals surface area contributed by atoms with Gasteiger partial charge in [-0.05, 0) is 43.4 Å². The Morgan fingerprint density at radius 1 is 0.857 bits per heavy atom. The van der Waals surface area contributed by atoms with Crippen molar-refractivity contribution in [2.45, 2.75) is 20.4 Å². The zero-order chi connectivity index (χ0) is 19.5. The average molecular weight is 371 g/mol. The number of aromatic hydroxyl groups is 1. The topological polar surface area (TPSA) is 48.4 Å². The van der Waals surface area contributed by atoms with Crippen LogP contribution in [-0.4, -0.2) is 28.1 Å². The molecule has 4 aromatic rings. The lowest BCUT2D eigenvalue weighted by Crippen LogP contribution is -2.22. The summed E-state index contributed by atoms with van der Waals surface area (Å²) in [5.74, 6) is 0.335. The molecule has 142 valence electrons. The lowest BCUT2D eigenvalue weighted by atomic mass is 10.1. The second-order valence-corrected chi connectivity index (χ2v) is 6.95. The van der Waals surface area contributed by atoms with Gasteiger partial charge in [0.1, 0.15) is 5.75 Å². The number of aromatic nitrogens is 1. The van der Waals surface area contributed by atoms with Gasteiger partial charge in [-0.2, -0.15) is 0 Å². The van der Waals surface area contributed by atoms with Gasteiger partial charge in [0.25, 0.3) is 0 Å². The van der Waals surface area contributed by atoms with Crippen LogP contribution >= 0.6 is 0 Å². The summed E-state index contributed by atoms with van der Waals surface area (Å²) in [4.78, 5) is 7.07. The first-order valence-electron chi connectivity index (χ1n) is 9.78. The number of hydrogen-bond acceptors (Lipinski definition) is 4. The average Bonchev–Trinajstić information content (AvgIpc) is 2.73. The van der Waals surface area contributed by atoms with E-state index in [1.807, 2.05) is 48.5 Å². The molecule has 1 aromatic heterocycles. The predicted octanol–water partition coefficient (Wildman–Crippen LogP) is 5.68. The van der Waals surface area contributed by atoms with E-state index in [1.54, 1.807) is 6.07 Å². The van der Waals surface area contributed by atoms with Crippen molar-refractivity contribution in [2.24, 2.45) is 0 Å². The smallest absolute Gasteiger partial charge is 0.120 e. The molecule has 0 aliphatic heterocycles. The Labute approximate surface area is 165 Å². The molecular weight excluding hydrogens is 346 g/mol. The minimum Gasteiger partial charge on any atom is -0.508 e. The van der Waals surface area contributed by atoms with E-state index in [-0.39, 0.29) is 0 Å². The standard InChI is InChI=1S/C24H25N3O/c1-3-27(4-2)16-17-15-18(13-14-23(17)28)25-24-19-9-5-7-11-21(19)26-22-12-8-6-10-20(22)24/h5-15,28H,3-4,16H2,1-2H3,(H,25,26). The lowest BCUT2D eigenvalue weighted by Gasteiger charge is -2.20. The molecule has 4 nitrogen and oxygen atoms in total. The van der Waals surface area contributed by atoms with Crippen molar-refractivity contribution in [1.29, 1.82) is 0 Å². The Morgan fingerprint density at radius 3 is 2.07 bits per heavy atom. The van der Waals surface area contributed by atoms with Crippen LogP contribution < -0.4 is 5.32 Å². The Hall–Kier alpha value is -3.11. The van der Waals surface area contributed by atoms with Gasteiger partial charge in [-0.3, -0.25) is 4.90 Å². The quantitative estimate of drug-likeness (QED) is 0.338. The molecule has 28 heavy (non-hydrogen) atoms. The number of phenolic OH excluding ortho intramolecular Hbond substituents is 1. The molecular formula is C24H25N3O. The van der Waals surface area contributed by atoms with E-state index in [0.717, 1.165) is 58.4 Å². The van der Waals surface area contributed by atoms with Gasteiger partial charge in [-0.25, -0.2) is 4.98 Å². The zero-order valence-corrected chi connectivity index (χ0v) is 16.3. The highest BCUT2D eigenvalue weighted by atomic mass is 16.3.